The highest BCUT2D eigenvalue weighted by molar-refractivity contribution is 5.78. The van der Waals surface area contributed by atoms with Gasteiger partial charge in [-0.05, 0) is 85.6 Å². The molecule has 14 nitrogen and oxygen atoms in total. The number of ether oxygens (including phenoxy) is 10. The number of hydrogen-bond donors (Lipinski definition) is 1. The number of carbonyl (C=O) groups excluding carboxylic acids is 1. The SMILES string of the molecule is CCCCOc1cc2c(OCC(=O)NCCCN=Cc3ccccn3)cc1Cc1cc(OC)c(cc1OC)Cc1cc(OC)c(cc1OC)Cc1cc(OC)c(cc1OC)Cc1cc(OC)c(cc1OC)C2. The summed E-state index contributed by atoms with van der Waals surface area (Å²) in [6.07, 6.45) is 8.05. The van der Waals surface area contributed by atoms with Gasteiger partial charge in [0.2, 0.25) is 0 Å². The number of unbranched alkanes of at least 4 members (excludes halogenated alkanes) is 1. The molecule has 72 heavy (non-hydrogen) atoms. The van der Waals surface area contributed by atoms with Crippen molar-refractivity contribution in [3.8, 4) is 57.5 Å². The topological polar surface area (TPSA) is 147 Å². The third-order valence-corrected chi connectivity index (χ3v) is 12.7. The van der Waals surface area contributed by atoms with Crippen LogP contribution < -0.4 is 52.7 Å². The molecule has 1 aromatic heterocycles. The van der Waals surface area contributed by atoms with Crippen molar-refractivity contribution in [2.24, 2.45) is 4.99 Å². The van der Waals surface area contributed by atoms with Crippen molar-refractivity contribution in [1.82, 2.24) is 10.3 Å². The van der Waals surface area contributed by atoms with Gasteiger partial charge in [0.1, 0.15) is 57.5 Å². The number of hydrogen-bond acceptors (Lipinski definition) is 13. The van der Waals surface area contributed by atoms with E-state index in [2.05, 4.69) is 22.2 Å². The highest BCUT2D eigenvalue weighted by atomic mass is 16.5. The molecule has 16 rings (SSSR count). The minimum atomic E-state index is -0.260. The largest absolute Gasteiger partial charge is 0.496 e. The molecule has 5 aromatic carbocycles. The van der Waals surface area contributed by atoms with E-state index in [1.807, 2.05) is 78.9 Å². The van der Waals surface area contributed by atoms with E-state index in [0.717, 1.165) is 74.2 Å². The Labute approximate surface area is 423 Å². The Morgan fingerprint density at radius 1 is 0.500 bits per heavy atom. The highest BCUT2D eigenvalue weighted by Crippen LogP contribution is 2.42. The second-order valence-corrected chi connectivity index (χ2v) is 17.3. The Hall–Kier alpha value is -7.61. The van der Waals surface area contributed by atoms with E-state index in [1.54, 1.807) is 69.3 Å². The van der Waals surface area contributed by atoms with Gasteiger partial charge >= 0.3 is 0 Å². The molecule has 0 atom stereocenters. The number of benzene rings is 5. The molecule has 0 spiro atoms. The molecule has 380 valence electrons. The van der Waals surface area contributed by atoms with Crippen LogP contribution in [0.4, 0.5) is 0 Å². The smallest absolute Gasteiger partial charge is 0.257 e. The maximum absolute atomic E-state index is 13.4. The molecule has 1 amide bonds. The zero-order chi connectivity index (χ0) is 51.0. The quantitative estimate of drug-likeness (QED) is 0.0573. The van der Waals surface area contributed by atoms with Crippen molar-refractivity contribution in [1.29, 1.82) is 0 Å². The van der Waals surface area contributed by atoms with E-state index in [0.29, 0.717) is 116 Å². The standard InChI is InChI=1S/C58H67N3O11/c1-10-11-19-71-56-33-46-24-44-32-53(68-7)42(30-55(44)70-9)22-40-28-49(64-3)38(26-51(40)66-5)20-37-25-50(65-4)39(27-48(37)63-2)21-41-29-54(69-8)43(31-52(41)67-6)23-45(56)34-57(46)72-36-58(62)61-18-14-16-59-35-47-15-12-13-17-60-47/h12-13,15,17,25-35H,10-11,14,16,18-24,36H2,1-9H3,(H,61,62). The van der Waals surface area contributed by atoms with Gasteiger partial charge in [-0.25, -0.2) is 0 Å². The van der Waals surface area contributed by atoms with Crippen LogP contribution in [-0.2, 0) is 36.9 Å². The lowest BCUT2D eigenvalue weighted by molar-refractivity contribution is -0.123. The monoisotopic (exact) mass is 981 g/mol. The number of amides is 1. The molecule has 14 heteroatoms. The van der Waals surface area contributed by atoms with Gasteiger partial charge in [-0.1, -0.05) is 19.4 Å². The van der Waals surface area contributed by atoms with Crippen molar-refractivity contribution in [3.63, 3.8) is 0 Å². The summed E-state index contributed by atoms with van der Waals surface area (Å²) in [5.74, 6) is 6.33. The van der Waals surface area contributed by atoms with Crippen LogP contribution in [0, 0.1) is 0 Å². The molecule has 1 N–H and O–H groups in total. The summed E-state index contributed by atoms with van der Waals surface area (Å²) in [5, 5.41) is 2.99. The first-order valence-electron chi connectivity index (χ1n) is 24.2. The Balaban J connectivity index is 1.35. The molecule has 6 aromatic rings. The van der Waals surface area contributed by atoms with Gasteiger partial charge in [0, 0.05) is 113 Å². The number of nitrogens with one attached hydrogen (secondary N) is 1. The molecular weight excluding hydrogens is 915 g/mol. The maximum Gasteiger partial charge on any atom is 0.257 e. The van der Waals surface area contributed by atoms with Crippen LogP contribution in [0.3, 0.4) is 0 Å². The lowest BCUT2D eigenvalue weighted by Crippen LogP contribution is -2.30. The second kappa shape index (κ2) is 25.5. The van der Waals surface area contributed by atoms with Crippen LogP contribution in [0.1, 0.15) is 87.5 Å². The fourth-order valence-corrected chi connectivity index (χ4v) is 8.95. The summed E-state index contributed by atoms with van der Waals surface area (Å²) in [6.45, 7) is 3.38. The minimum absolute atomic E-state index is 0.218. The average molecular weight is 982 g/mol. The summed E-state index contributed by atoms with van der Waals surface area (Å²) >= 11 is 0. The summed E-state index contributed by atoms with van der Waals surface area (Å²) in [5.41, 5.74) is 9.48. The second-order valence-electron chi connectivity index (χ2n) is 17.3. The van der Waals surface area contributed by atoms with Crippen LogP contribution >= 0.6 is 0 Å². The first-order chi connectivity index (χ1) is 35.1. The van der Waals surface area contributed by atoms with E-state index < -0.39 is 0 Å². The summed E-state index contributed by atoms with van der Waals surface area (Å²) in [4.78, 5) is 22.2. The van der Waals surface area contributed by atoms with Crippen molar-refractivity contribution < 1.29 is 52.2 Å². The maximum atomic E-state index is 13.4. The van der Waals surface area contributed by atoms with E-state index in [4.69, 9.17) is 47.4 Å². The van der Waals surface area contributed by atoms with Crippen LogP contribution in [-0.4, -0.2) is 100 Å². The fraction of sp³-hybridized carbons (Fsp3) is 0.362. The Morgan fingerprint density at radius 3 is 1.18 bits per heavy atom. The Bertz CT molecular complexity index is 2830. The first kappa shape index (κ1) is 52.2. The Kier molecular flexibility index (Phi) is 18.5. The Morgan fingerprint density at radius 2 is 0.847 bits per heavy atom. The number of carbonyl (C=O) groups is 1. The zero-order valence-corrected chi connectivity index (χ0v) is 43.0. The fourth-order valence-electron chi connectivity index (χ4n) is 8.95. The van der Waals surface area contributed by atoms with Crippen LogP contribution in [0.2, 0.25) is 0 Å². The highest BCUT2D eigenvalue weighted by Gasteiger charge is 2.24. The van der Waals surface area contributed by atoms with Gasteiger partial charge in [0.15, 0.2) is 6.61 Å². The predicted octanol–water partition coefficient (Wildman–Crippen LogP) is 9.60. The van der Waals surface area contributed by atoms with Gasteiger partial charge in [0.05, 0.1) is 69.2 Å². The van der Waals surface area contributed by atoms with Gasteiger partial charge in [-0.15, -0.1) is 0 Å². The van der Waals surface area contributed by atoms with Crippen molar-refractivity contribution in [3.05, 3.63) is 146 Å². The van der Waals surface area contributed by atoms with Gasteiger partial charge in [-0.3, -0.25) is 14.8 Å². The molecule has 0 saturated carbocycles. The van der Waals surface area contributed by atoms with E-state index >= 15 is 0 Å². The average Bonchev–Trinajstić information content (AvgIpc) is 3.40. The van der Waals surface area contributed by atoms with E-state index in [1.165, 1.54) is 0 Å². The summed E-state index contributed by atoms with van der Waals surface area (Å²) in [7, 11) is 13.3. The molecule has 0 fully saturated rings. The number of methoxy groups -OCH3 is 8. The van der Waals surface area contributed by atoms with Gasteiger partial charge in [0.25, 0.3) is 5.91 Å². The third-order valence-electron chi connectivity index (χ3n) is 12.7. The number of nitrogens with zero attached hydrogens (tertiary/aromatic N) is 2. The molecule has 1 heterocycles. The predicted molar refractivity (Wildman–Crippen MR) is 279 cm³/mol. The van der Waals surface area contributed by atoms with E-state index in [9.17, 15) is 4.79 Å². The lowest BCUT2D eigenvalue weighted by Gasteiger charge is -2.21. The van der Waals surface area contributed by atoms with Crippen molar-refractivity contribution in [2.45, 2.75) is 58.3 Å². The number of rotatable bonds is 20. The first-order valence-corrected chi connectivity index (χ1v) is 24.2. The summed E-state index contributed by atoms with van der Waals surface area (Å²) in [6, 6.07) is 25.7. The number of aliphatic imine (C=N–C) groups is 1. The zero-order valence-electron chi connectivity index (χ0n) is 43.0. The third kappa shape index (κ3) is 12.8. The van der Waals surface area contributed by atoms with Gasteiger partial charge in [-0.2, -0.15) is 0 Å². The molecule has 0 aliphatic heterocycles. The van der Waals surface area contributed by atoms with Crippen LogP contribution in [0.25, 0.3) is 0 Å². The molecule has 0 radical (unpaired) electrons. The lowest BCUT2D eigenvalue weighted by atomic mass is 9.94. The van der Waals surface area contributed by atoms with Crippen LogP contribution in [0.15, 0.2) is 90.1 Å². The molecule has 10 aliphatic rings. The van der Waals surface area contributed by atoms with Gasteiger partial charge < -0.3 is 52.7 Å². The van der Waals surface area contributed by atoms with E-state index in [-0.39, 0.29) is 12.5 Å². The molecular formula is C58H67N3O11. The normalized spacial score (nSPS) is 12.1. The minimum Gasteiger partial charge on any atom is -0.496 e. The number of pyridine rings is 1. The molecule has 0 unspecified atom stereocenters. The summed E-state index contributed by atoms with van der Waals surface area (Å²) < 4.78 is 61.8. The van der Waals surface area contributed by atoms with Crippen LogP contribution in [0.5, 0.6) is 57.5 Å². The van der Waals surface area contributed by atoms with Crippen molar-refractivity contribution >= 4 is 12.1 Å². The molecule has 0 saturated heterocycles. The van der Waals surface area contributed by atoms with Crippen molar-refractivity contribution in [2.75, 3.05) is 83.2 Å². The number of aromatic nitrogens is 1. The molecule has 10 bridgehead atoms. The molecule has 10 aliphatic carbocycles.